The van der Waals surface area contributed by atoms with Crippen LogP contribution in [0.1, 0.15) is 26.2 Å². The first-order chi connectivity index (χ1) is 5.83. The van der Waals surface area contributed by atoms with Crippen LogP contribution in [0.15, 0.2) is 0 Å². The molecule has 2 atom stereocenters. The van der Waals surface area contributed by atoms with E-state index in [-0.39, 0.29) is 0 Å². The van der Waals surface area contributed by atoms with Crippen LogP contribution in [0, 0.1) is 17.4 Å². The zero-order chi connectivity index (χ0) is 10.1. The molecule has 1 fully saturated rings. The van der Waals surface area contributed by atoms with Crippen LogP contribution in [-0.4, -0.2) is 18.8 Å². The zero-order valence-corrected chi connectivity index (χ0v) is 10.1. The summed E-state index contributed by atoms with van der Waals surface area (Å²) in [5, 5.41) is 10.2. The molecular formula is C11H20OSi. The van der Waals surface area contributed by atoms with E-state index >= 15 is 0 Å². The average molecular weight is 196 g/mol. The van der Waals surface area contributed by atoms with Gasteiger partial charge in [-0.05, 0) is 25.2 Å². The van der Waals surface area contributed by atoms with E-state index in [0.717, 1.165) is 19.3 Å². The third kappa shape index (κ3) is 2.86. The zero-order valence-electron chi connectivity index (χ0n) is 9.15. The van der Waals surface area contributed by atoms with Crippen LogP contribution >= 0.6 is 0 Å². The Kier molecular flexibility index (Phi) is 2.89. The van der Waals surface area contributed by atoms with E-state index in [0.29, 0.717) is 5.92 Å². The molecule has 0 heterocycles. The van der Waals surface area contributed by atoms with Gasteiger partial charge in [0.2, 0.25) is 0 Å². The van der Waals surface area contributed by atoms with Crippen molar-refractivity contribution >= 4 is 8.07 Å². The number of aliphatic hydroxyl groups is 1. The summed E-state index contributed by atoms with van der Waals surface area (Å²) in [5.74, 6) is 3.47. The molecule has 1 saturated carbocycles. The topological polar surface area (TPSA) is 20.2 Å². The molecule has 0 aliphatic heterocycles. The largest absolute Gasteiger partial charge is 0.377 e. The van der Waals surface area contributed by atoms with Gasteiger partial charge in [-0.25, -0.2) is 0 Å². The standard InChI is InChI=1S/C11H20OSi/c1-10-6-5-7-11(10,12)8-9-13(2,3)4/h10,12H,5-7H2,1-4H3/t10-,11+/m1/s1. The molecular weight excluding hydrogens is 176 g/mol. The van der Waals surface area contributed by atoms with E-state index < -0.39 is 13.7 Å². The Bertz CT molecular complexity index is 243. The van der Waals surface area contributed by atoms with E-state index in [1.54, 1.807) is 0 Å². The van der Waals surface area contributed by atoms with Crippen molar-refractivity contribution in [2.45, 2.75) is 51.4 Å². The molecule has 0 unspecified atom stereocenters. The highest BCUT2D eigenvalue weighted by molar-refractivity contribution is 6.83. The third-order valence-electron chi connectivity index (χ3n) is 2.66. The minimum absolute atomic E-state index is 0.358. The van der Waals surface area contributed by atoms with Crippen molar-refractivity contribution in [3.8, 4) is 11.5 Å². The molecule has 13 heavy (non-hydrogen) atoms. The Balaban J connectivity index is 2.75. The summed E-state index contributed by atoms with van der Waals surface area (Å²) >= 11 is 0. The van der Waals surface area contributed by atoms with Crippen molar-refractivity contribution in [3.63, 3.8) is 0 Å². The quantitative estimate of drug-likeness (QED) is 0.466. The lowest BCUT2D eigenvalue weighted by Crippen LogP contribution is -2.30. The number of hydrogen-bond acceptors (Lipinski definition) is 1. The van der Waals surface area contributed by atoms with E-state index in [4.69, 9.17) is 0 Å². The fourth-order valence-corrected chi connectivity index (χ4v) is 2.24. The maximum Gasteiger partial charge on any atom is 0.129 e. The molecule has 0 saturated heterocycles. The molecule has 0 amide bonds. The van der Waals surface area contributed by atoms with Gasteiger partial charge in [-0.2, -0.15) is 0 Å². The molecule has 1 aliphatic rings. The highest BCUT2D eigenvalue weighted by Gasteiger charge is 2.36. The van der Waals surface area contributed by atoms with Gasteiger partial charge < -0.3 is 5.11 Å². The molecule has 1 nitrogen and oxygen atoms in total. The van der Waals surface area contributed by atoms with Gasteiger partial charge in [0.25, 0.3) is 0 Å². The van der Waals surface area contributed by atoms with E-state index in [2.05, 4.69) is 38.0 Å². The van der Waals surface area contributed by atoms with Crippen LogP contribution < -0.4 is 0 Å². The second-order valence-corrected chi connectivity index (χ2v) is 9.97. The van der Waals surface area contributed by atoms with Crippen LogP contribution in [0.3, 0.4) is 0 Å². The molecule has 0 aromatic heterocycles. The minimum atomic E-state index is -1.32. The first-order valence-electron chi connectivity index (χ1n) is 5.10. The Morgan fingerprint density at radius 2 is 2.00 bits per heavy atom. The van der Waals surface area contributed by atoms with Crippen molar-refractivity contribution in [3.05, 3.63) is 0 Å². The maximum atomic E-state index is 10.2. The molecule has 1 aliphatic carbocycles. The van der Waals surface area contributed by atoms with Crippen LogP contribution in [0.5, 0.6) is 0 Å². The van der Waals surface area contributed by atoms with Gasteiger partial charge in [0, 0.05) is 0 Å². The van der Waals surface area contributed by atoms with E-state index in [1.807, 2.05) is 0 Å². The Morgan fingerprint density at radius 1 is 1.38 bits per heavy atom. The molecule has 0 spiro atoms. The van der Waals surface area contributed by atoms with Crippen LogP contribution in [-0.2, 0) is 0 Å². The van der Waals surface area contributed by atoms with Crippen molar-refractivity contribution < 1.29 is 5.11 Å². The smallest absolute Gasteiger partial charge is 0.129 e. The minimum Gasteiger partial charge on any atom is -0.377 e. The fourth-order valence-electron chi connectivity index (χ4n) is 1.64. The van der Waals surface area contributed by atoms with Gasteiger partial charge >= 0.3 is 0 Å². The third-order valence-corrected chi connectivity index (χ3v) is 3.54. The monoisotopic (exact) mass is 196 g/mol. The molecule has 1 N–H and O–H groups in total. The number of rotatable bonds is 0. The normalized spacial score (nSPS) is 34.1. The van der Waals surface area contributed by atoms with Crippen molar-refractivity contribution in [1.29, 1.82) is 0 Å². The molecule has 74 valence electrons. The Morgan fingerprint density at radius 3 is 2.38 bits per heavy atom. The van der Waals surface area contributed by atoms with E-state index in [1.165, 1.54) is 0 Å². The summed E-state index contributed by atoms with van der Waals surface area (Å²) in [7, 11) is -1.32. The van der Waals surface area contributed by atoms with Gasteiger partial charge in [-0.3, -0.25) is 0 Å². The first kappa shape index (κ1) is 10.8. The summed E-state index contributed by atoms with van der Waals surface area (Å²) in [4.78, 5) is 0. The lowest BCUT2D eigenvalue weighted by atomic mass is 9.94. The molecule has 1 rings (SSSR count). The summed E-state index contributed by atoms with van der Waals surface area (Å²) in [5.41, 5.74) is 2.61. The van der Waals surface area contributed by atoms with Crippen molar-refractivity contribution in [1.82, 2.24) is 0 Å². The lowest BCUT2D eigenvalue weighted by molar-refractivity contribution is 0.0688. The van der Waals surface area contributed by atoms with Crippen LogP contribution in [0.4, 0.5) is 0 Å². The van der Waals surface area contributed by atoms with Crippen LogP contribution in [0.2, 0.25) is 19.6 Å². The second kappa shape index (κ2) is 3.47. The first-order valence-corrected chi connectivity index (χ1v) is 8.60. The number of hydrogen-bond donors (Lipinski definition) is 1. The second-order valence-electron chi connectivity index (χ2n) is 5.22. The van der Waals surface area contributed by atoms with Crippen molar-refractivity contribution in [2.24, 2.45) is 5.92 Å². The van der Waals surface area contributed by atoms with Crippen LogP contribution in [0.25, 0.3) is 0 Å². The average Bonchev–Trinajstić information content (AvgIpc) is 2.29. The Hall–Kier alpha value is -0.263. The lowest BCUT2D eigenvalue weighted by Gasteiger charge is -2.21. The fraction of sp³-hybridized carbons (Fsp3) is 0.818. The van der Waals surface area contributed by atoms with Gasteiger partial charge in [-0.1, -0.05) is 32.5 Å². The van der Waals surface area contributed by atoms with Crippen molar-refractivity contribution in [2.75, 3.05) is 0 Å². The molecule has 0 aromatic rings. The summed E-state index contributed by atoms with van der Waals surface area (Å²) in [6, 6.07) is 0. The SMILES string of the molecule is C[C@@H]1CCC[C@]1(O)C#C[Si](C)(C)C. The molecule has 0 aromatic carbocycles. The predicted octanol–water partition coefficient (Wildman–Crippen LogP) is 2.42. The predicted molar refractivity (Wildman–Crippen MR) is 59.1 cm³/mol. The highest BCUT2D eigenvalue weighted by atomic mass is 28.3. The highest BCUT2D eigenvalue weighted by Crippen LogP contribution is 2.34. The molecule has 0 radical (unpaired) electrons. The van der Waals surface area contributed by atoms with E-state index in [9.17, 15) is 5.11 Å². The molecule has 0 bridgehead atoms. The van der Waals surface area contributed by atoms with Gasteiger partial charge in [-0.15, -0.1) is 5.54 Å². The molecule has 2 heteroatoms. The maximum absolute atomic E-state index is 10.2. The van der Waals surface area contributed by atoms with Gasteiger partial charge in [0.1, 0.15) is 13.7 Å². The summed E-state index contributed by atoms with van der Waals surface area (Å²) < 4.78 is 0. The Labute approximate surface area is 82.6 Å². The summed E-state index contributed by atoms with van der Waals surface area (Å²) in [6.07, 6.45) is 3.11. The van der Waals surface area contributed by atoms with Gasteiger partial charge in [0.15, 0.2) is 0 Å². The summed E-state index contributed by atoms with van der Waals surface area (Å²) in [6.45, 7) is 8.74. The van der Waals surface area contributed by atoms with Gasteiger partial charge in [0.05, 0.1) is 0 Å².